The number of nitrogens with zero attached hydrogens (tertiary/aromatic N) is 1. The Morgan fingerprint density at radius 2 is 1.94 bits per heavy atom. The predicted octanol–water partition coefficient (Wildman–Crippen LogP) is 1.36. The van der Waals surface area contributed by atoms with Crippen LogP contribution < -0.4 is 5.73 Å². The van der Waals surface area contributed by atoms with Crippen molar-refractivity contribution >= 4 is 12.0 Å². The Morgan fingerprint density at radius 1 is 1.28 bits per heavy atom. The molecule has 1 aromatic rings. The number of carbonyl (C=O) groups is 1. The first kappa shape index (κ1) is 14.2. The van der Waals surface area contributed by atoms with E-state index in [9.17, 15) is 10.0 Å². The number of rotatable bonds is 6. The third-order valence-electron chi connectivity index (χ3n) is 2.39. The lowest BCUT2D eigenvalue weighted by molar-refractivity contribution is -0.159. The number of amides is 1. The molecule has 0 heterocycles. The molecule has 0 saturated carbocycles. The first-order valence-electron chi connectivity index (χ1n) is 5.81. The van der Waals surface area contributed by atoms with Crippen molar-refractivity contribution in [3.63, 3.8) is 0 Å². The summed E-state index contributed by atoms with van der Waals surface area (Å²) in [6.45, 7) is 0.821. The molecule has 18 heavy (non-hydrogen) atoms. The lowest BCUT2D eigenvalue weighted by atomic mass is 10.2. The van der Waals surface area contributed by atoms with E-state index in [1.807, 2.05) is 0 Å². The first-order valence-corrected chi connectivity index (χ1v) is 5.81. The summed E-state index contributed by atoms with van der Waals surface area (Å²) in [4.78, 5) is 11.5. The van der Waals surface area contributed by atoms with Gasteiger partial charge in [0.1, 0.15) is 5.75 Å². The van der Waals surface area contributed by atoms with E-state index >= 15 is 0 Å². The fraction of sp³-hybridized carbons (Fsp3) is 0.308. The van der Waals surface area contributed by atoms with Gasteiger partial charge in [-0.25, -0.2) is 5.06 Å². The van der Waals surface area contributed by atoms with E-state index in [4.69, 9.17) is 10.8 Å². The molecule has 0 fully saturated rings. The third kappa shape index (κ3) is 4.99. The van der Waals surface area contributed by atoms with Crippen LogP contribution in [0, 0.1) is 0 Å². The van der Waals surface area contributed by atoms with Gasteiger partial charge in [0.2, 0.25) is 0 Å². The van der Waals surface area contributed by atoms with Crippen molar-refractivity contribution in [2.24, 2.45) is 5.73 Å². The Morgan fingerprint density at radius 3 is 2.56 bits per heavy atom. The standard InChI is InChI=1S/C13H18N2O3/c14-9-1-2-10-15(18)13(17)8-5-11-3-6-12(16)7-4-11/h3-8,16,18H,1-2,9-10,14H2/b8-5+. The van der Waals surface area contributed by atoms with Crippen molar-refractivity contribution in [1.29, 1.82) is 0 Å². The normalized spacial score (nSPS) is 10.8. The molecular weight excluding hydrogens is 232 g/mol. The highest BCUT2D eigenvalue weighted by atomic mass is 16.5. The molecule has 5 heteroatoms. The molecule has 0 bridgehead atoms. The number of unbranched alkanes of at least 4 members (excludes halogenated alkanes) is 1. The zero-order valence-electron chi connectivity index (χ0n) is 10.1. The molecule has 0 unspecified atom stereocenters. The highest BCUT2D eigenvalue weighted by Crippen LogP contribution is 2.10. The van der Waals surface area contributed by atoms with Crippen molar-refractivity contribution in [2.45, 2.75) is 12.8 Å². The number of aromatic hydroxyl groups is 1. The number of hydrogen-bond acceptors (Lipinski definition) is 4. The minimum atomic E-state index is -0.472. The van der Waals surface area contributed by atoms with Gasteiger partial charge in [-0.1, -0.05) is 12.1 Å². The van der Waals surface area contributed by atoms with Crippen LogP contribution in [0.3, 0.4) is 0 Å². The molecule has 0 radical (unpaired) electrons. The summed E-state index contributed by atoms with van der Waals surface area (Å²) in [5, 5.41) is 19.2. The van der Waals surface area contributed by atoms with Crippen LogP contribution in [-0.2, 0) is 4.79 Å². The van der Waals surface area contributed by atoms with Gasteiger partial charge in [0.05, 0.1) is 0 Å². The SMILES string of the molecule is NCCCCN(O)C(=O)/C=C/c1ccc(O)cc1. The lowest BCUT2D eigenvalue weighted by Crippen LogP contribution is -2.26. The molecule has 0 spiro atoms. The first-order chi connectivity index (χ1) is 8.63. The summed E-state index contributed by atoms with van der Waals surface area (Å²) in [6.07, 6.45) is 4.31. The molecule has 0 saturated heterocycles. The molecule has 1 aromatic carbocycles. The van der Waals surface area contributed by atoms with Gasteiger partial charge in [-0.2, -0.15) is 0 Å². The van der Waals surface area contributed by atoms with E-state index < -0.39 is 5.91 Å². The van der Waals surface area contributed by atoms with E-state index in [0.29, 0.717) is 18.0 Å². The highest BCUT2D eigenvalue weighted by molar-refractivity contribution is 5.90. The van der Waals surface area contributed by atoms with Crippen LogP contribution >= 0.6 is 0 Å². The number of benzene rings is 1. The molecule has 0 atom stereocenters. The average Bonchev–Trinajstić information content (AvgIpc) is 2.38. The third-order valence-corrected chi connectivity index (χ3v) is 2.39. The quantitative estimate of drug-likeness (QED) is 0.308. The molecule has 0 aliphatic heterocycles. The fourth-order valence-electron chi connectivity index (χ4n) is 1.36. The zero-order valence-corrected chi connectivity index (χ0v) is 10.1. The highest BCUT2D eigenvalue weighted by Gasteiger charge is 2.05. The molecule has 0 aromatic heterocycles. The second-order valence-electron chi connectivity index (χ2n) is 3.88. The van der Waals surface area contributed by atoms with Gasteiger partial charge in [0.25, 0.3) is 5.91 Å². The molecule has 1 amide bonds. The maximum absolute atomic E-state index is 11.5. The van der Waals surface area contributed by atoms with Gasteiger partial charge in [-0.3, -0.25) is 10.0 Å². The number of hydrogen-bond donors (Lipinski definition) is 3. The zero-order chi connectivity index (χ0) is 13.4. The van der Waals surface area contributed by atoms with Crippen LogP contribution in [0.4, 0.5) is 0 Å². The number of carbonyl (C=O) groups excluding carboxylic acids is 1. The van der Waals surface area contributed by atoms with Crippen molar-refractivity contribution in [2.75, 3.05) is 13.1 Å². The van der Waals surface area contributed by atoms with Gasteiger partial charge >= 0.3 is 0 Å². The lowest BCUT2D eigenvalue weighted by Gasteiger charge is -2.11. The minimum absolute atomic E-state index is 0.170. The molecule has 98 valence electrons. The Balaban J connectivity index is 2.45. The van der Waals surface area contributed by atoms with Crippen LogP contribution in [0.15, 0.2) is 30.3 Å². The summed E-state index contributed by atoms with van der Waals surface area (Å²) in [7, 11) is 0. The summed E-state index contributed by atoms with van der Waals surface area (Å²) >= 11 is 0. The molecule has 4 N–H and O–H groups in total. The molecule has 0 aliphatic carbocycles. The number of phenols is 1. The van der Waals surface area contributed by atoms with Gasteiger partial charge < -0.3 is 10.8 Å². The summed E-state index contributed by atoms with van der Waals surface area (Å²) in [5.74, 6) is -0.302. The largest absolute Gasteiger partial charge is 0.508 e. The molecule has 0 aliphatic rings. The summed E-state index contributed by atoms with van der Waals surface area (Å²) in [6, 6.07) is 6.41. The van der Waals surface area contributed by atoms with Crippen LogP contribution in [0.5, 0.6) is 5.75 Å². The van der Waals surface area contributed by atoms with E-state index in [0.717, 1.165) is 12.0 Å². The van der Waals surface area contributed by atoms with Crippen LogP contribution in [0.25, 0.3) is 6.08 Å². The van der Waals surface area contributed by atoms with Crippen LogP contribution in [-0.4, -0.2) is 34.4 Å². The second-order valence-corrected chi connectivity index (χ2v) is 3.88. The number of phenolic OH excluding ortho intramolecular Hbond substituents is 1. The van der Waals surface area contributed by atoms with Crippen molar-refractivity contribution < 1.29 is 15.1 Å². The van der Waals surface area contributed by atoms with E-state index in [1.165, 1.54) is 18.2 Å². The Labute approximate surface area is 106 Å². The number of nitrogens with two attached hydrogens (primary N) is 1. The topological polar surface area (TPSA) is 86.8 Å². The Hall–Kier alpha value is -1.85. The summed E-state index contributed by atoms with van der Waals surface area (Å²) in [5.41, 5.74) is 6.09. The van der Waals surface area contributed by atoms with Gasteiger partial charge in [-0.05, 0) is 43.2 Å². The maximum Gasteiger partial charge on any atom is 0.269 e. The molecule has 1 rings (SSSR count). The van der Waals surface area contributed by atoms with Gasteiger partial charge in [0, 0.05) is 12.6 Å². The van der Waals surface area contributed by atoms with Crippen LogP contribution in [0.1, 0.15) is 18.4 Å². The van der Waals surface area contributed by atoms with Crippen molar-refractivity contribution in [3.05, 3.63) is 35.9 Å². The Kier molecular flexibility index (Phi) is 5.90. The molecule has 5 nitrogen and oxygen atoms in total. The van der Waals surface area contributed by atoms with Crippen LogP contribution in [0.2, 0.25) is 0 Å². The predicted molar refractivity (Wildman–Crippen MR) is 68.9 cm³/mol. The fourth-order valence-corrected chi connectivity index (χ4v) is 1.36. The minimum Gasteiger partial charge on any atom is -0.508 e. The maximum atomic E-state index is 11.5. The summed E-state index contributed by atoms with van der Waals surface area (Å²) < 4.78 is 0. The second kappa shape index (κ2) is 7.47. The Bertz CT molecular complexity index is 401. The van der Waals surface area contributed by atoms with Crippen molar-refractivity contribution in [3.8, 4) is 5.75 Å². The monoisotopic (exact) mass is 250 g/mol. The van der Waals surface area contributed by atoms with E-state index in [1.54, 1.807) is 18.2 Å². The smallest absolute Gasteiger partial charge is 0.269 e. The van der Waals surface area contributed by atoms with Crippen molar-refractivity contribution in [1.82, 2.24) is 5.06 Å². The van der Waals surface area contributed by atoms with Gasteiger partial charge in [0.15, 0.2) is 0 Å². The number of hydroxylamine groups is 2. The van der Waals surface area contributed by atoms with E-state index in [2.05, 4.69) is 0 Å². The van der Waals surface area contributed by atoms with Gasteiger partial charge in [-0.15, -0.1) is 0 Å². The molecular formula is C13H18N2O3. The average molecular weight is 250 g/mol. The van der Waals surface area contributed by atoms with E-state index in [-0.39, 0.29) is 12.3 Å².